The number of halogens is 4. The molecule has 0 atom stereocenters. The maximum atomic E-state index is 12.0. The maximum absolute atomic E-state index is 12.0. The molecule has 6 heteroatoms. The number of rotatable bonds is 5. The molecule has 18 heavy (non-hydrogen) atoms. The molecule has 1 aromatic rings. The summed E-state index contributed by atoms with van der Waals surface area (Å²) in [4.78, 5) is 11.5. The third kappa shape index (κ3) is 5.08. The summed E-state index contributed by atoms with van der Waals surface area (Å²) < 4.78 is 41.7. The van der Waals surface area contributed by atoms with Gasteiger partial charge in [0.2, 0.25) is 0 Å². The lowest BCUT2D eigenvalue weighted by atomic mass is 10.0. The normalized spacial score (nSPS) is 11.4. The zero-order valence-corrected chi connectivity index (χ0v) is 11.3. The molecule has 0 saturated heterocycles. The van der Waals surface area contributed by atoms with Crippen LogP contribution >= 0.6 is 15.9 Å². The minimum atomic E-state index is -4.29. The molecule has 0 aliphatic rings. The van der Waals surface area contributed by atoms with Gasteiger partial charge in [0.1, 0.15) is 11.5 Å². The van der Waals surface area contributed by atoms with Gasteiger partial charge in [0, 0.05) is 22.9 Å². The summed E-state index contributed by atoms with van der Waals surface area (Å²) in [5.74, 6) is 0.0438. The van der Waals surface area contributed by atoms with Gasteiger partial charge >= 0.3 is 6.18 Å². The molecular formula is C12H12BrF3O2. The van der Waals surface area contributed by atoms with Crippen molar-refractivity contribution in [2.45, 2.75) is 25.4 Å². The molecule has 0 heterocycles. The van der Waals surface area contributed by atoms with Crippen LogP contribution in [0, 0.1) is 0 Å². The van der Waals surface area contributed by atoms with Gasteiger partial charge in [0.25, 0.3) is 0 Å². The first kappa shape index (κ1) is 15.0. The van der Waals surface area contributed by atoms with Gasteiger partial charge in [-0.15, -0.1) is 0 Å². The Morgan fingerprint density at radius 3 is 2.61 bits per heavy atom. The molecule has 0 aromatic heterocycles. The third-order valence-electron chi connectivity index (χ3n) is 2.32. The summed E-state index contributed by atoms with van der Waals surface area (Å²) >= 11 is 3.24. The largest absolute Gasteiger partial charge is 0.496 e. The Hall–Kier alpha value is -1.04. The second-order valence-corrected chi connectivity index (χ2v) is 4.70. The number of ketones is 1. The molecule has 0 aliphatic heterocycles. The standard InChI is InChI=1S/C12H12BrF3O2/c1-18-11-3-2-9(13)6-8(11)7-10(17)4-5-12(14,15)16/h2-3,6H,4-5,7H2,1H3. The van der Waals surface area contributed by atoms with Crippen LogP contribution in [0.1, 0.15) is 18.4 Å². The SMILES string of the molecule is COc1ccc(Br)cc1CC(=O)CCC(F)(F)F. The highest BCUT2D eigenvalue weighted by Gasteiger charge is 2.27. The molecule has 0 N–H and O–H groups in total. The van der Waals surface area contributed by atoms with Crippen molar-refractivity contribution in [3.8, 4) is 5.75 Å². The zero-order valence-electron chi connectivity index (χ0n) is 9.68. The molecule has 1 aromatic carbocycles. The number of carbonyl (C=O) groups is 1. The van der Waals surface area contributed by atoms with Crippen LogP contribution in [-0.4, -0.2) is 19.1 Å². The van der Waals surface area contributed by atoms with E-state index in [0.717, 1.165) is 4.47 Å². The number of methoxy groups -OCH3 is 1. The molecular weight excluding hydrogens is 313 g/mol. The van der Waals surface area contributed by atoms with E-state index >= 15 is 0 Å². The van der Waals surface area contributed by atoms with Crippen molar-refractivity contribution in [3.63, 3.8) is 0 Å². The van der Waals surface area contributed by atoms with E-state index in [9.17, 15) is 18.0 Å². The summed E-state index contributed by atoms with van der Waals surface area (Å²) in [6.45, 7) is 0. The van der Waals surface area contributed by atoms with Crippen molar-refractivity contribution in [1.29, 1.82) is 0 Å². The topological polar surface area (TPSA) is 26.3 Å². The fourth-order valence-corrected chi connectivity index (χ4v) is 1.88. The lowest BCUT2D eigenvalue weighted by Gasteiger charge is -2.09. The van der Waals surface area contributed by atoms with Crippen LogP contribution in [0.4, 0.5) is 13.2 Å². The monoisotopic (exact) mass is 324 g/mol. The van der Waals surface area contributed by atoms with E-state index in [1.165, 1.54) is 7.11 Å². The first-order chi connectivity index (χ1) is 8.31. The first-order valence-corrected chi connectivity index (χ1v) is 6.02. The predicted molar refractivity (Wildman–Crippen MR) is 64.7 cm³/mol. The molecule has 0 spiro atoms. The molecule has 0 unspecified atom stereocenters. The van der Waals surface area contributed by atoms with E-state index in [-0.39, 0.29) is 6.42 Å². The highest BCUT2D eigenvalue weighted by atomic mass is 79.9. The fourth-order valence-electron chi connectivity index (χ4n) is 1.47. The number of hydrogen-bond donors (Lipinski definition) is 0. The summed E-state index contributed by atoms with van der Waals surface area (Å²) in [7, 11) is 1.45. The van der Waals surface area contributed by atoms with E-state index < -0.39 is 24.8 Å². The number of alkyl halides is 3. The quantitative estimate of drug-likeness (QED) is 0.820. The third-order valence-corrected chi connectivity index (χ3v) is 2.81. The minimum absolute atomic E-state index is 0.0569. The van der Waals surface area contributed by atoms with Gasteiger partial charge in [-0.1, -0.05) is 15.9 Å². The molecule has 2 nitrogen and oxygen atoms in total. The van der Waals surface area contributed by atoms with Crippen LogP contribution in [0.25, 0.3) is 0 Å². The molecule has 1 rings (SSSR count). The molecule has 0 saturated carbocycles. The van der Waals surface area contributed by atoms with Crippen molar-refractivity contribution in [2.24, 2.45) is 0 Å². The maximum Gasteiger partial charge on any atom is 0.389 e. The Morgan fingerprint density at radius 1 is 1.39 bits per heavy atom. The van der Waals surface area contributed by atoms with E-state index in [0.29, 0.717) is 11.3 Å². The van der Waals surface area contributed by atoms with Crippen molar-refractivity contribution in [3.05, 3.63) is 28.2 Å². The lowest BCUT2D eigenvalue weighted by Crippen LogP contribution is -2.12. The van der Waals surface area contributed by atoms with Crippen molar-refractivity contribution >= 4 is 21.7 Å². The summed E-state index contributed by atoms with van der Waals surface area (Å²) in [5.41, 5.74) is 0.582. The average Bonchev–Trinajstić information content (AvgIpc) is 2.26. The summed E-state index contributed by atoms with van der Waals surface area (Å²) in [6.07, 6.45) is -5.93. The van der Waals surface area contributed by atoms with E-state index in [2.05, 4.69) is 15.9 Å². The molecule has 0 radical (unpaired) electrons. The lowest BCUT2D eigenvalue weighted by molar-refractivity contribution is -0.143. The Bertz CT molecular complexity index is 430. The van der Waals surface area contributed by atoms with Crippen molar-refractivity contribution in [1.82, 2.24) is 0 Å². The van der Waals surface area contributed by atoms with Crippen LogP contribution in [0.2, 0.25) is 0 Å². The number of carbonyl (C=O) groups excluding carboxylic acids is 1. The second kappa shape index (κ2) is 6.22. The van der Waals surface area contributed by atoms with Crippen LogP contribution in [-0.2, 0) is 11.2 Å². The Kier molecular flexibility index (Phi) is 5.19. The van der Waals surface area contributed by atoms with Crippen LogP contribution in [0.15, 0.2) is 22.7 Å². The number of ether oxygens (including phenoxy) is 1. The van der Waals surface area contributed by atoms with Gasteiger partial charge in [0.15, 0.2) is 0 Å². The van der Waals surface area contributed by atoms with Crippen LogP contribution in [0.5, 0.6) is 5.75 Å². The zero-order chi connectivity index (χ0) is 13.8. The van der Waals surface area contributed by atoms with Gasteiger partial charge in [-0.25, -0.2) is 0 Å². The van der Waals surface area contributed by atoms with Gasteiger partial charge in [-0.05, 0) is 18.2 Å². The Morgan fingerprint density at radius 2 is 2.06 bits per heavy atom. The number of benzene rings is 1. The molecule has 100 valence electrons. The minimum Gasteiger partial charge on any atom is -0.496 e. The smallest absolute Gasteiger partial charge is 0.389 e. The van der Waals surface area contributed by atoms with E-state index in [1.807, 2.05) is 0 Å². The van der Waals surface area contributed by atoms with Gasteiger partial charge in [0.05, 0.1) is 13.5 Å². The van der Waals surface area contributed by atoms with Crippen molar-refractivity contribution in [2.75, 3.05) is 7.11 Å². The first-order valence-electron chi connectivity index (χ1n) is 5.22. The Labute approximate surface area is 111 Å². The number of hydrogen-bond acceptors (Lipinski definition) is 2. The molecule has 0 aliphatic carbocycles. The van der Waals surface area contributed by atoms with E-state index in [4.69, 9.17) is 4.74 Å². The van der Waals surface area contributed by atoms with E-state index in [1.54, 1.807) is 18.2 Å². The van der Waals surface area contributed by atoms with Gasteiger partial charge < -0.3 is 4.74 Å². The average molecular weight is 325 g/mol. The highest BCUT2D eigenvalue weighted by Crippen LogP contribution is 2.25. The van der Waals surface area contributed by atoms with Crippen LogP contribution < -0.4 is 4.74 Å². The second-order valence-electron chi connectivity index (χ2n) is 3.79. The van der Waals surface area contributed by atoms with Gasteiger partial charge in [-0.2, -0.15) is 13.2 Å². The van der Waals surface area contributed by atoms with Crippen molar-refractivity contribution < 1.29 is 22.7 Å². The number of Topliss-reactive ketones (excluding diaryl/α,β-unsaturated/α-hetero) is 1. The molecule has 0 fully saturated rings. The fraction of sp³-hybridized carbons (Fsp3) is 0.417. The van der Waals surface area contributed by atoms with Gasteiger partial charge in [-0.3, -0.25) is 4.79 Å². The summed E-state index contributed by atoms with van der Waals surface area (Å²) in [6, 6.07) is 5.07. The molecule has 0 bridgehead atoms. The summed E-state index contributed by atoms with van der Waals surface area (Å²) in [5, 5.41) is 0. The highest BCUT2D eigenvalue weighted by molar-refractivity contribution is 9.10. The Balaban J connectivity index is 2.66. The van der Waals surface area contributed by atoms with Crippen LogP contribution in [0.3, 0.4) is 0 Å². The molecule has 0 amide bonds. The predicted octanol–water partition coefficient (Wildman–Crippen LogP) is 3.91.